The Balaban J connectivity index is 1.86. The lowest BCUT2D eigenvalue weighted by Crippen LogP contribution is -2.11. The second-order valence-electron chi connectivity index (χ2n) is 5.01. The lowest BCUT2D eigenvalue weighted by Gasteiger charge is -2.06. The van der Waals surface area contributed by atoms with Gasteiger partial charge in [0.2, 0.25) is 0 Å². The highest BCUT2D eigenvalue weighted by Crippen LogP contribution is 2.21. The summed E-state index contributed by atoms with van der Waals surface area (Å²) in [6.45, 7) is 2.77. The summed E-state index contributed by atoms with van der Waals surface area (Å²) in [6, 6.07) is 11.0. The number of aromatic amines is 1. The van der Waals surface area contributed by atoms with Crippen LogP contribution in [0, 0.1) is 0 Å². The van der Waals surface area contributed by atoms with E-state index in [9.17, 15) is 4.79 Å². The maximum Gasteiger partial charge on any atom is 0.259 e. The fourth-order valence-electron chi connectivity index (χ4n) is 2.32. The molecule has 118 valence electrons. The number of ether oxygens (including phenoxy) is 1. The van der Waals surface area contributed by atoms with Crippen LogP contribution in [-0.2, 0) is 0 Å². The third-order valence-electron chi connectivity index (χ3n) is 3.47. The molecular formula is C17H18N4O2. The van der Waals surface area contributed by atoms with Crippen molar-refractivity contribution in [3.8, 4) is 5.75 Å². The van der Waals surface area contributed by atoms with Crippen LogP contribution in [0.3, 0.4) is 0 Å². The molecule has 3 N–H and O–H groups in total. The lowest BCUT2D eigenvalue weighted by molar-refractivity contribution is 0.102. The Hall–Kier alpha value is -3.02. The Labute approximate surface area is 133 Å². The van der Waals surface area contributed by atoms with Gasteiger partial charge in [0.15, 0.2) is 0 Å². The van der Waals surface area contributed by atoms with Crippen LogP contribution in [0.25, 0.3) is 11.0 Å². The Kier molecular flexibility index (Phi) is 4.14. The Morgan fingerprint density at radius 3 is 2.70 bits per heavy atom. The average molecular weight is 310 g/mol. The van der Waals surface area contributed by atoms with Gasteiger partial charge in [-0.1, -0.05) is 0 Å². The molecule has 0 aliphatic rings. The van der Waals surface area contributed by atoms with E-state index in [4.69, 9.17) is 4.74 Å². The smallest absolute Gasteiger partial charge is 0.259 e. The minimum Gasteiger partial charge on any atom is -0.497 e. The van der Waals surface area contributed by atoms with Crippen molar-refractivity contribution in [2.24, 2.45) is 0 Å². The Bertz CT molecular complexity index is 824. The number of H-pyrrole nitrogens is 1. The first kappa shape index (κ1) is 14.9. The number of anilines is 2. The fourth-order valence-corrected chi connectivity index (χ4v) is 2.32. The van der Waals surface area contributed by atoms with Gasteiger partial charge in [0.05, 0.1) is 18.2 Å². The number of fused-ring (bicyclic) bond motifs is 1. The first-order valence-corrected chi connectivity index (χ1v) is 7.38. The molecule has 1 aromatic carbocycles. The maximum absolute atomic E-state index is 12.5. The zero-order chi connectivity index (χ0) is 16.2. The van der Waals surface area contributed by atoms with Crippen molar-refractivity contribution in [2.45, 2.75) is 6.92 Å². The minimum absolute atomic E-state index is 0.206. The molecule has 23 heavy (non-hydrogen) atoms. The van der Waals surface area contributed by atoms with Crippen LogP contribution in [0.5, 0.6) is 5.75 Å². The monoisotopic (exact) mass is 310 g/mol. The van der Waals surface area contributed by atoms with Gasteiger partial charge in [-0.15, -0.1) is 0 Å². The molecule has 0 saturated heterocycles. The number of carbonyl (C=O) groups excluding carboxylic acids is 1. The molecule has 0 unspecified atom stereocenters. The molecule has 3 rings (SSSR count). The van der Waals surface area contributed by atoms with Crippen LogP contribution in [-0.4, -0.2) is 29.5 Å². The van der Waals surface area contributed by atoms with E-state index < -0.39 is 0 Å². The summed E-state index contributed by atoms with van der Waals surface area (Å²) in [5.74, 6) is 1.28. The van der Waals surface area contributed by atoms with Gasteiger partial charge >= 0.3 is 0 Å². The summed E-state index contributed by atoms with van der Waals surface area (Å²) < 4.78 is 5.11. The second kappa shape index (κ2) is 6.39. The van der Waals surface area contributed by atoms with E-state index in [-0.39, 0.29) is 5.91 Å². The van der Waals surface area contributed by atoms with E-state index in [2.05, 4.69) is 20.6 Å². The topological polar surface area (TPSA) is 79.0 Å². The van der Waals surface area contributed by atoms with E-state index in [0.717, 1.165) is 23.6 Å². The van der Waals surface area contributed by atoms with Crippen molar-refractivity contribution < 1.29 is 9.53 Å². The third kappa shape index (κ3) is 3.11. The predicted molar refractivity (Wildman–Crippen MR) is 91.2 cm³/mol. The van der Waals surface area contributed by atoms with Gasteiger partial charge in [-0.2, -0.15) is 0 Å². The van der Waals surface area contributed by atoms with E-state index >= 15 is 0 Å². The van der Waals surface area contributed by atoms with Gasteiger partial charge in [-0.25, -0.2) is 4.98 Å². The highest BCUT2D eigenvalue weighted by molar-refractivity contribution is 6.11. The number of carbonyl (C=O) groups is 1. The van der Waals surface area contributed by atoms with Crippen LogP contribution >= 0.6 is 0 Å². The highest BCUT2D eigenvalue weighted by atomic mass is 16.5. The molecule has 0 aliphatic heterocycles. The van der Waals surface area contributed by atoms with Crippen molar-refractivity contribution in [3.05, 3.63) is 48.2 Å². The number of hydrogen-bond donors (Lipinski definition) is 3. The van der Waals surface area contributed by atoms with Gasteiger partial charge in [0.25, 0.3) is 5.91 Å². The summed E-state index contributed by atoms with van der Waals surface area (Å²) in [4.78, 5) is 20.1. The molecule has 0 saturated carbocycles. The van der Waals surface area contributed by atoms with Gasteiger partial charge in [-0.05, 0) is 43.3 Å². The number of nitrogens with one attached hydrogen (secondary N) is 3. The summed E-state index contributed by atoms with van der Waals surface area (Å²) in [5, 5.41) is 6.01. The predicted octanol–water partition coefficient (Wildman–Crippen LogP) is 3.26. The average Bonchev–Trinajstić information content (AvgIpc) is 2.99. The Morgan fingerprint density at radius 2 is 2.00 bits per heavy atom. The van der Waals surface area contributed by atoms with Crippen LogP contribution in [0.4, 0.5) is 11.5 Å². The first-order valence-electron chi connectivity index (χ1n) is 7.38. The molecule has 0 aliphatic carbocycles. The SMILES string of the molecule is CCNc1ccc2[nH]cc(C(=O)Nc3ccc(OC)cc3)c2n1. The number of aromatic nitrogens is 2. The highest BCUT2D eigenvalue weighted by Gasteiger charge is 2.14. The number of nitrogens with zero attached hydrogens (tertiary/aromatic N) is 1. The number of methoxy groups -OCH3 is 1. The summed E-state index contributed by atoms with van der Waals surface area (Å²) in [7, 11) is 1.60. The molecule has 1 amide bonds. The molecule has 6 heteroatoms. The van der Waals surface area contributed by atoms with Crippen LogP contribution in [0.15, 0.2) is 42.6 Å². The maximum atomic E-state index is 12.5. The molecule has 0 fully saturated rings. The van der Waals surface area contributed by atoms with Crippen molar-refractivity contribution in [1.29, 1.82) is 0 Å². The number of benzene rings is 1. The van der Waals surface area contributed by atoms with Gasteiger partial charge in [0, 0.05) is 18.4 Å². The van der Waals surface area contributed by atoms with Gasteiger partial charge in [-0.3, -0.25) is 4.79 Å². The van der Waals surface area contributed by atoms with E-state index in [0.29, 0.717) is 16.8 Å². The molecule has 6 nitrogen and oxygen atoms in total. The zero-order valence-corrected chi connectivity index (χ0v) is 13.0. The molecule has 0 atom stereocenters. The number of hydrogen-bond acceptors (Lipinski definition) is 4. The Morgan fingerprint density at radius 1 is 1.22 bits per heavy atom. The van der Waals surface area contributed by atoms with Crippen molar-refractivity contribution >= 4 is 28.4 Å². The van der Waals surface area contributed by atoms with Gasteiger partial charge < -0.3 is 20.4 Å². The molecular weight excluding hydrogens is 292 g/mol. The standard InChI is InChI=1S/C17H18N4O2/c1-3-18-15-9-8-14-16(21-15)13(10-19-14)17(22)20-11-4-6-12(23-2)7-5-11/h4-10,19H,3H2,1-2H3,(H,18,21)(H,20,22). The van der Waals surface area contributed by atoms with E-state index in [1.165, 1.54) is 0 Å². The van der Waals surface area contributed by atoms with Crippen LogP contribution < -0.4 is 15.4 Å². The molecule has 0 bridgehead atoms. The first-order chi connectivity index (χ1) is 11.2. The molecule has 0 radical (unpaired) electrons. The van der Waals surface area contributed by atoms with Crippen molar-refractivity contribution in [2.75, 3.05) is 24.3 Å². The molecule has 3 aromatic rings. The summed E-state index contributed by atoms with van der Waals surface area (Å²) in [5.41, 5.74) is 2.68. The lowest BCUT2D eigenvalue weighted by atomic mass is 10.2. The third-order valence-corrected chi connectivity index (χ3v) is 3.47. The van der Waals surface area contributed by atoms with Crippen molar-refractivity contribution in [3.63, 3.8) is 0 Å². The van der Waals surface area contributed by atoms with E-state index in [1.807, 2.05) is 19.1 Å². The van der Waals surface area contributed by atoms with Crippen LogP contribution in [0.1, 0.15) is 17.3 Å². The number of rotatable bonds is 5. The van der Waals surface area contributed by atoms with E-state index in [1.54, 1.807) is 37.6 Å². The zero-order valence-electron chi connectivity index (χ0n) is 13.0. The fraction of sp³-hybridized carbons (Fsp3) is 0.176. The quantitative estimate of drug-likeness (QED) is 0.676. The van der Waals surface area contributed by atoms with Gasteiger partial charge in [0.1, 0.15) is 17.1 Å². The summed E-state index contributed by atoms with van der Waals surface area (Å²) >= 11 is 0. The number of pyridine rings is 1. The van der Waals surface area contributed by atoms with Crippen LogP contribution in [0.2, 0.25) is 0 Å². The normalized spacial score (nSPS) is 10.5. The largest absolute Gasteiger partial charge is 0.497 e. The molecule has 2 heterocycles. The molecule has 2 aromatic heterocycles. The summed E-state index contributed by atoms with van der Waals surface area (Å²) in [6.07, 6.45) is 1.67. The molecule has 0 spiro atoms. The number of amides is 1. The second-order valence-corrected chi connectivity index (χ2v) is 5.01. The van der Waals surface area contributed by atoms with Crippen molar-refractivity contribution in [1.82, 2.24) is 9.97 Å². The minimum atomic E-state index is -0.206.